The summed E-state index contributed by atoms with van der Waals surface area (Å²) in [4.78, 5) is 0. The van der Waals surface area contributed by atoms with Crippen LogP contribution in [0, 0.1) is 0 Å². The van der Waals surface area contributed by atoms with Crippen LogP contribution in [-0.2, 0) is 0 Å². The number of allylic oxidation sites excluding steroid dienone is 8. The summed E-state index contributed by atoms with van der Waals surface area (Å²) in [5.41, 5.74) is 0. The molecule has 0 aromatic heterocycles. The van der Waals surface area contributed by atoms with Crippen LogP contribution in [0.5, 0.6) is 0 Å². The predicted molar refractivity (Wildman–Crippen MR) is 141 cm³/mol. The average molecular weight is 736 g/mol. The highest BCUT2D eigenvalue weighted by molar-refractivity contribution is 6.40. The fraction of sp³-hybridized carbons (Fsp3) is 0.600. The van der Waals surface area contributed by atoms with Crippen molar-refractivity contribution in [3.8, 4) is 0 Å². The van der Waals surface area contributed by atoms with Crippen molar-refractivity contribution in [2.45, 2.75) is 77.1 Å². The van der Waals surface area contributed by atoms with E-state index in [-0.39, 0.29) is 9.41 Å². The Bertz CT molecular complexity index is 810. The zero-order chi connectivity index (χ0) is 29.1. The van der Waals surface area contributed by atoms with Crippen LogP contribution in [0.1, 0.15) is 58.8 Å². The Hall–Kier alpha value is 0.580. The third-order valence-electron chi connectivity index (χ3n) is 3.91. The Morgan fingerprint density at radius 3 is 0.868 bits per heavy atom. The zero-order valence-electron chi connectivity index (χ0n) is 19.3. The SMILES string of the molecule is CC(Cl)=C(Cl)C(F)(F)C(F)(F)F.CC(Cl)=C(Cl)C(F)(F)F.ClC1=C(Cl)CCC1.ClC1=C(Cl)CCCC1.F.F. The van der Waals surface area contributed by atoms with Gasteiger partial charge in [-0.25, -0.2) is 0 Å². The van der Waals surface area contributed by atoms with Crippen LogP contribution in [-0.4, -0.2) is 18.3 Å². The van der Waals surface area contributed by atoms with Gasteiger partial charge in [0.25, 0.3) is 0 Å². The van der Waals surface area contributed by atoms with Gasteiger partial charge in [-0.2, -0.15) is 35.1 Å². The van der Waals surface area contributed by atoms with E-state index in [2.05, 4.69) is 11.6 Å². The first-order chi connectivity index (χ1) is 16.1. The molecule has 0 heterocycles. The van der Waals surface area contributed by atoms with Crippen LogP contribution in [0.4, 0.5) is 44.5 Å². The van der Waals surface area contributed by atoms with E-state index in [1.807, 2.05) is 0 Å². The Morgan fingerprint density at radius 1 is 0.526 bits per heavy atom. The first-order valence-electron chi connectivity index (χ1n) is 9.69. The van der Waals surface area contributed by atoms with Gasteiger partial charge in [0.1, 0.15) is 10.1 Å². The maximum Gasteiger partial charge on any atom is 0.459 e. The van der Waals surface area contributed by atoms with Gasteiger partial charge >= 0.3 is 18.3 Å². The highest BCUT2D eigenvalue weighted by Crippen LogP contribution is 2.44. The minimum atomic E-state index is -5.71. The van der Waals surface area contributed by atoms with Crippen molar-refractivity contribution in [3.63, 3.8) is 0 Å². The van der Waals surface area contributed by atoms with E-state index in [1.54, 1.807) is 0 Å². The molecule has 0 spiro atoms. The maximum absolute atomic E-state index is 12.2. The van der Waals surface area contributed by atoms with E-state index < -0.39 is 38.4 Å². The average Bonchev–Trinajstić information content (AvgIpc) is 3.11. The Labute approximate surface area is 253 Å². The lowest BCUT2D eigenvalue weighted by Crippen LogP contribution is -2.37. The molecule has 0 atom stereocenters. The van der Waals surface area contributed by atoms with Crippen molar-refractivity contribution in [2.75, 3.05) is 0 Å². The highest BCUT2D eigenvalue weighted by Gasteiger charge is 2.60. The van der Waals surface area contributed by atoms with Crippen LogP contribution in [0.3, 0.4) is 0 Å². The van der Waals surface area contributed by atoms with E-state index in [0.29, 0.717) is 0 Å². The summed E-state index contributed by atoms with van der Waals surface area (Å²) in [6.07, 6.45) is -2.73. The molecule has 0 fully saturated rings. The van der Waals surface area contributed by atoms with E-state index >= 15 is 0 Å². The van der Waals surface area contributed by atoms with Crippen molar-refractivity contribution in [3.05, 3.63) is 40.3 Å². The molecule has 0 amide bonds. The molecule has 0 aromatic rings. The second kappa shape index (κ2) is 20.5. The van der Waals surface area contributed by atoms with Crippen molar-refractivity contribution in [1.29, 1.82) is 0 Å². The summed E-state index contributed by atoms with van der Waals surface area (Å²) >= 11 is 41.9. The van der Waals surface area contributed by atoms with Crippen LogP contribution in [0.25, 0.3) is 0 Å². The lowest BCUT2D eigenvalue weighted by atomic mass is 10.1. The number of hydrogen-bond acceptors (Lipinski definition) is 0. The molecule has 0 aliphatic heterocycles. The minimum absolute atomic E-state index is 0. The van der Waals surface area contributed by atoms with Crippen LogP contribution >= 0.6 is 92.8 Å². The van der Waals surface area contributed by atoms with Crippen molar-refractivity contribution < 1.29 is 44.5 Å². The summed E-state index contributed by atoms with van der Waals surface area (Å²) < 4.78 is 93.2. The van der Waals surface area contributed by atoms with Crippen LogP contribution in [0.15, 0.2) is 40.3 Å². The molecule has 0 saturated heterocycles. The van der Waals surface area contributed by atoms with Crippen LogP contribution < -0.4 is 0 Å². The molecule has 0 saturated carbocycles. The molecule has 0 nitrogen and oxygen atoms in total. The van der Waals surface area contributed by atoms with Gasteiger partial charge in [0.15, 0.2) is 0 Å². The topological polar surface area (TPSA) is 0 Å². The van der Waals surface area contributed by atoms with Crippen molar-refractivity contribution >= 4 is 92.8 Å². The molecule has 18 heteroatoms. The van der Waals surface area contributed by atoms with E-state index in [0.717, 1.165) is 66.1 Å². The Kier molecular flexibility index (Phi) is 24.5. The summed E-state index contributed by atoms with van der Waals surface area (Å²) in [6.45, 7) is 1.93. The lowest BCUT2D eigenvalue weighted by molar-refractivity contribution is -0.261. The predicted octanol–water partition coefficient (Wildman–Crippen LogP) is 13.6. The van der Waals surface area contributed by atoms with E-state index in [4.69, 9.17) is 81.2 Å². The number of hydrogen-bond donors (Lipinski definition) is 0. The normalized spacial score (nSPS) is 17.2. The summed E-state index contributed by atoms with van der Waals surface area (Å²) in [6, 6.07) is 0. The molecule has 0 N–H and O–H groups in total. The molecule has 0 radical (unpaired) electrons. The monoisotopic (exact) mass is 732 g/mol. The zero-order valence-corrected chi connectivity index (χ0v) is 25.4. The summed E-state index contributed by atoms with van der Waals surface area (Å²) in [5.74, 6) is -5.07. The second-order valence-corrected chi connectivity index (χ2v) is 10.7. The molecule has 0 aromatic carbocycles. The van der Waals surface area contributed by atoms with Crippen LogP contribution in [0.2, 0.25) is 0 Å². The molecule has 38 heavy (non-hydrogen) atoms. The molecule has 2 aliphatic carbocycles. The number of rotatable bonds is 1. The van der Waals surface area contributed by atoms with E-state index in [9.17, 15) is 35.1 Å². The van der Waals surface area contributed by atoms with Gasteiger partial charge in [0, 0.05) is 30.2 Å². The third-order valence-corrected chi connectivity index (χ3v) is 7.36. The second-order valence-electron chi connectivity index (χ2n) is 6.95. The quantitative estimate of drug-likeness (QED) is 0.235. The largest absolute Gasteiger partial charge is 0.459 e. The highest BCUT2D eigenvalue weighted by atomic mass is 35.5. The first-order valence-corrected chi connectivity index (χ1v) is 12.7. The molecule has 0 bridgehead atoms. The fourth-order valence-electron chi connectivity index (χ4n) is 2.04. The van der Waals surface area contributed by atoms with Gasteiger partial charge in [-0.15, -0.1) is 0 Å². The van der Waals surface area contributed by atoms with Gasteiger partial charge in [-0.1, -0.05) is 92.8 Å². The smallest absolute Gasteiger partial charge is 0.269 e. The summed E-state index contributed by atoms with van der Waals surface area (Å²) in [7, 11) is 0. The summed E-state index contributed by atoms with van der Waals surface area (Å²) in [5, 5.41) is -0.705. The molecular formula is C20H22Cl8F10. The number of alkyl halides is 8. The van der Waals surface area contributed by atoms with Gasteiger partial charge in [0.2, 0.25) is 0 Å². The maximum atomic E-state index is 12.2. The van der Waals surface area contributed by atoms with Gasteiger partial charge in [-0.05, 0) is 58.8 Å². The standard InChI is InChI=1S/C6H8Cl2.C5H3Cl2F5.C5H6Cl2.C4H3Cl2F3.2FH/c7-5-3-1-2-4-6(5)8;1-2(6)3(7)4(8,9)5(10,11)12;6-4-2-1-3-5(4)7;1-2(5)3(6)4(7,8)9;;/h1-4H2;1H3;1-3H2;1H3;2*1H. The van der Waals surface area contributed by atoms with Gasteiger partial charge in [0.05, 0.1) is 0 Å². The molecule has 2 rings (SSSR count). The fourth-order valence-corrected chi connectivity index (χ4v) is 3.28. The van der Waals surface area contributed by atoms with Gasteiger partial charge < -0.3 is 0 Å². The third kappa shape index (κ3) is 18.1. The Balaban J connectivity index is -0.000000203. The van der Waals surface area contributed by atoms with E-state index in [1.165, 1.54) is 12.8 Å². The molecular weight excluding hydrogens is 714 g/mol. The van der Waals surface area contributed by atoms with Gasteiger partial charge in [-0.3, -0.25) is 9.41 Å². The van der Waals surface area contributed by atoms with Crippen molar-refractivity contribution in [1.82, 2.24) is 0 Å². The number of halogens is 18. The Morgan fingerprint density at radius 2 is 0.789 bits per heavy atom. The lowest BCUT2D eigenvalue weighted by Gasteiger charge is -2.18. The molecule has 2 aliphatic rings. The van der Waals surface area contributed by atoms with Crippen molar-refractivity contribution in [2.24, 2.45) is 0 Å². The minimum Gasteiger partial charge on any atom is -0.269 e. The first kappa shape index (κ1) is 45.6. The molecule has 0 unspecified atom stereocenters. The molecule has 228 valence electrons.